The first-order chi connectivity index (χ1) is 11.7. The minimum atomic E-state index is -4.03. The molecule has 0 fully saturated rings. The Balaban J connectivity index is 2.51. The van der Waals surface area contributed by atoms with E-state index in [9.17, 15) is 18.0 Å². The van der Waals surface area contributed by atoms with Crippen molar-refractivity contribution in [2.75, 3.05) is 10.8 Å². The molecule has 2 aromatic carbocycles. The number of carbonyl (C=O) groups is 2. The lowest BCUT2D eigenvalue weighted by atomic mass is 10.2. The van der Waals surface area contributed by atoms with Crippen LogP contribution in [0.4, 0.5) is 5.69 Å². The molecular formula is C17H17NO6S. The number of benzene rings is 2. The highest BCUT2D eigenvalue weighted by Gasteiger charge is 2.26. The largest absolute Gasteiger partial charge is 0.481 e. The summed E-state index contributed by atoms with van der Waals surface area (Å²) >= 11 is 0. The van der Waals surface area contributed by atoms with Gasteiger partial charge in [0, 0.05) is 6.54 Å². The van der Waals surface area contributed by atoms with E-state index in [0.717, 1.165) is 9.87 Å². The Hall–Kier alpha value is -2.87. The van der Waals surface area contributed by atoms with E-state index in [2.05, 4.69) is 0 Å². The monoisotopic (exact) mass is 363 g/mol. The van der Waals surface area contributed by atoms with Crippen LogP contribution in [0.15, 0.2) is 53.4 Å². The molecule has 0 saturated heterocycles. The molecule has 8 heteroatoms. The maximum absolute atomic E-state index is 12.9. The Morgan fingerprint density at radius 1 is 1.04 bits per heavy atom. The normalized spacial score (nSPS) is 11.1. The van der Waals surface area contributed by atoms with Crippen molar-refractivity contribution in [2.24, 2.45) is 0 Å². The summed E-state index contributed by atoms with van der Waals surface area (Å²) in [6, 6.07) is 11.5. The molecule has 0 aliphatic rings. The van der Waals surface area contributed by atoms with Gasteiger partial charge < -0.3 is 10.2 Å². The van der Waals surface area contributed by atoms with Gasteiger partial charge in [0.2, 0.25) is 0 Å². The van der Waals surface area contributed by atoms with Crippen LogP contribution in [0.3, 0.4) is 0 Å². The van der Waals surface area contributed by atoms with E-state index in [1.807, 2.05) is 6.92 Å². The number of carboxylic acid groups (broad SMARTS) is 2. The smallest absolute Gasteiger partial charge is 0.335 e. The minimum absolute atomic E-state index is 0.00390. The fraction of sp³-hybridized carbons (Fsp3) is 0.176. The average Bonchev–Trinajstić information content (AvgIpc) is 2.55. The third-order valence-corrected chi connectivity index (χ3v) is 5.36. The third kappa shape index (κ3) is 4.36. The number of sulfonamides is 1. The summed E-state index contributed by atoms with van der Waals surface area (Å²) in [4.78, 5) is 22.0. The van der Waals surface area contributed by atoms with E-state index in [-0.39, 0.29) is 22.7 Å². The average molecular weight is 363 g/mol. The molecule has 0 radical (unpaired) electrons. The fourth-order valence-corrected chi connectivity index (χ4v) is 3.67. The van der Waals surface area contributed by atoms with Gasteiger partial charge in [0.25, 0.3) is 10.0 Å². The van der Waals surface area contributed by atoms with E-state index < -0.39 is 28.4 Å². The summed E-state index contributed by atoms with van der Waals surface area (Å²) in [6.45, 7) is 1.50. The summed E-state index contributed by atoms with van der Waals surface area (Å²) in [7, 11) is -4.03. The van der Waals surface area contributed by atoms with E-state index in [1.165, 1.54) is 36.4 Å². The van der Waals surface area contributed by atoms with Gasteiger partial charge in [-0.25, -0.2) is 13.2 Å². The fourth-order valence-electron chi connectivity index (χ4n) is 2.22. The highest BCUT2D eigenvalue weighted by Crippen LogP contribution is 2.25. The van der Waals surface area contributed by atoms with Crippen LogP contribution < -0.4 is 4.31 Å². The number of anilines is 1. The van der Waals surface area contributed by atoms with Gasteiger partial charge in [-0.05, 0) is 37.3 Å². The first-order valence-corrected chi connectivity index (χ1v) is 8.80. The van der Waals surface area contributed by atoms with E-state index in [1.54, 1.807) is 12.1 Å². The summed E-state index contributed by atoms with van der Waals surface area (Å²) in [5.41, 5.74) is 0.891. The van der Waals surface area contributed by atoms with E-state index in [0.29, 0.717) is 0 Å². The lowest BCUT2D eigenvalue weighted by Crippen LogP contribution is -2.33. The molecule has 0 aliphatic heterocycles. The van der Waals surface area contributed by atoms with Crippen LogP contribution in [0.2, 0.25) is 0 Å². The molecule has 2 N–H and O–H groups in total. The van der Waals surface area contributed by atoms with Crippen LogP contribution in [0.25, 0.3) is 0 Å². The number of carboxylic acids is 2. The van der Waals surface area contributed by atoms with Crippen LogP contribution >= 0.6 is 0 Å². The van der Waals surface area contributed by atoms with Crippen molar-refractivity contribution in [1.82, 2.24) is 0 Å². The quantitative estimate of drug-likeness (QED) is 0.781. The molecule has 0 amide bonds. The van der Waals surface area contributed by atoms with Gasteiger partial charge in [-0.15, -0.1) is 0 Å². The molecule has 0 atom stereocenters. The standard InChI is InChI=1S/C17H17NO6S/c1-12-5-7-15(8-6-12)25(23,24)18(10-9-16(19)20)14-4-2-3-13(11-14)17(21)22/h2-8,11H,9-10H2,1H3,(H,19,20)(H,21,22). The van der Waals surface area contributed by atoms with Gasteiger partial charge >= 0.3 is 11.9 Å². The number of aryl methyl sites for hydroxylation is 1. The van der Waals surface area contributed by atoms with Gasteiger partial charge in [-0.2, -0.15) is 0 Å². The molecule has 0 saturated carbocycles. The molecule has 0 spiro atoms. The van der Waals surface area contributed by atoms with Crippen LogP contribution in [0.1, 0.15) is 22.3 Å². The number of nitrogens with zero attached hydrogens (tertiary/aromatic N) is 1. The summed E-state index contributed by atoms with van der Waals surface area (Å²) in [5, 5.41) is 18.0. The topological polar surface area (TPSA) is 112 Å². The summed E-state index contributed by atoms with van der Waals surface area (Å²) in [5.74, 6) is -2.36. The maximum atomic E-state index is 12.9. The zero-order valence-corrected chi connectivity index (χ0v) is 14.2. The van der Waals surface area contributed by atoms with Crippen molar-refractivity contribution < 1.29 is 28.2 Å². The zero-order chi connectivity index (χ0) is 18.6. The summed E-state index contributed by atoms with van der Waals surface area (Å²) < 4.78 is 26.8. The van der Waals surface area contributed by atoms with Crippen molar-refractivity contribution >= 4 is 27.6 Å². The predicted molar refractivity (Wildman–Crippen MR) is 91.4 cm³/mol. The van der Waals surface area contributed by atoms with Crippen LogP contribution in [0, 0.1) is 6.92 Å². The predicted octanol–water partition coefficient (Wildman–Crippen LogP) is 2.36. The second-order valence-electron chi connectivity index (χ2n) is 5.39. The molecular weight excluding hydrogens is 346 g/mol. The van der Waals surface area contributed by atoms with Crippen molar-refractivity contribution in [2.45, 2.75) is 18.2 Å². The Kier molecular flexibility index (Phi) is 5.43. The molecule has 0 aliphatic carbocycles. The second kappa shape index (κ2) is 7.35. The molecule has 0 bridgehead atoms. The Morgan fingerprint density at radius 3 is 2.24 bits per heavy atom. The van der Waals surface area contributed by atoms with Gasteiger partial charge in [-0.1, -0.05) is 23.8 Å². The molecule has 25 heavy (non-hydrogen) atoms. The van der Waals surface area contributed by atoms with E-state index in [4.69, 9.17) is 10.2 Å². The highest BCUT2D eigenvalue weighted by molar-refractivity contribution is 7.92. The van der Waals surface area contributed by atoms with Crippen molar-refractivity contribution in [3.8, 4) is 0 Å². The molecule has 132 valence electrons. The molecule has 7 nitrogen and oxygen atoms in total. The van der Waals surface area contributed by atoms with Crippen molar-refractivity contribution in [3.63, 3.8) is 0 Å². The lowest BCUT2D eigenvalue weighted by molar-refractivity contribution is -0.136. The van der Waals surface area contributed by atoms with Gasteiger partial charge in [0.05, 0.1) is 22.6 Å². The Labute approximate surface area is 145 Å². The SMILES string of the molecule is Cc1ccc(S(=O)(=O)N(CCC(=O)O)c2cccc(C(=O)O)c2)cc1. The van der Waals surface area contributed by atoms with Crippen molar-refractivity contribution in [3.05, 3.63) is 59.7 Å². The highest BCUT2D eigenvalue weighted by atomic mass is 32.2. The molecule has 0 heterocycles. The van der Waals surface area contributed by atoms with Crippen LogP contribution in [-0.4, -0.2) is 37.1 Å². The number of hydrogen-bond acceptors (Lipinski definition) is 4. The van der Waals surface area contributed by atoms with Gasteiger partial charge in [0.1, 0.15) is 0 Å². The zero-order valence-electron chi connectivity index (χ0n) is 13.4. The third-order valence-electron chi connectivity index (χ3n) is 3.52. The molecule has 2 rings (SSSR count). The molecule has 2 aromatic rings. The summed E-state index contributed by atoms with van der Waals surface area (Å²) in [6.07, 6.45) is -0.414. The first-order valence-electron chi connectivity index (χ1n) is 7.36. The van der Waals surface area contributed by atoms with Gasteiger partial charge in [0.15, 0.2) is 0 Å². The van der Waals surface area contributed by atoms with E-state index >= 15 is 0 Å². The number of aromatic carboxylic acids is 1. The lowest BCUT2D eigenvalue weighted by Gasteiger charge is -2.24. The van der Waals surface area contributed by atoms with Crippen LogP contribution in [0.5, 0.6) is 0 Å². The number of aliphatic carboxylic acids is 1. The molecule has 0 aromatic heterocycles. The Morgan fingerprint density at radius 2 is 1.68 bits per heavy atom. The first kappa shape index (κ1) is 18.5. The second-order valence-corrected chi connectivity index (χ2v) is 7.25. The Bertz CT molecular complexity index is 890. The van der Waals surface area contributed by atoms with Crippen molar-refractivity contribution in [1.29, 1.82) is 0 Å². The maximum Gasteiger partial charge on any atom is 0.335 e. The van der Waals surface area contributed by atoms with Crippen LogP contribution in [-0.2, 0) is 14.8 Å². The number of hydrogen-bond donors (Lipinski definition) is 2. The minimum Gasteiger partial charge on any atom is -0.481 e. The van der Waals surface area contributed by atoms with Gasteiger partial charge in [-0.3, -0.25) is 9.10 Å². The molecule has 0 unspecified atom stereocenters. The number of rotatable bonds is 7.